The fourth-order valence-electron chi connectivity index (χ4n) is 4.62. The van der Waals surface area contributed by atoms with Crippen LogP contribution >= 0.6 is 0 Å². The molecule has 0 saturated heterocycles. The van der Waals surface area contributed by atoms with Crippen molar-refractivity contribution in [1.29, 1.82) is 0 Å². The molecule has 1 radical (unpaired) electrons. The van der Waals surface area contributed by atoms with Crippen LogP contribution in [0.5, 0.6) is 0 Å². The minimum Gasteiger partial charge on any atom is -0.294 e. The van der Waals surface area contributed by atoms with Crippen molar-refractivity contribution in [3.63, 3.8) is 0 Å². The lowest BCUT2D eigenvalue weighted by molar-refractivity contribution is 0.507. The highest BCUT2D eigenvalue weighted by Gasteiger charge is 2.21. The zero-order chi connectivity index (χ0) is 29.1. The zero-order valence-corrected chi connectivity index (χ0v) is 24.0. The molecule has 2 aromatic rings. The molecule has 3 nitrogen and oxygen atoms in total. The van der Waals surface area contributed by atoms with E-state index in [0.29, 0.717) is 17.3 Å². The van der Waals surface area contributed by atoms with Crippen molar-refractivity contribution in [1.82, 2.24) is 0 Å². The first-order chi connectivity index (χ1) is 19.3. The molecule has 1 aliphatic heterocycles. The molecule has 40 heavy (non-hydrogen) atoms. The van der Waals surface area contributed by atoms with Gasteiger partial charge in [0.15, 0.2) is 17.5 Å². The number of terminal acetylenes is 1. The van der Waals surface area contributed by atoms with Crippen molar-refractivity contribution in [2.45, 2.75) is 59.3 Å². The number of rotatable bonds is 8. The van der Waals surface area contributed by atoms with Gasteiger partial charge in [-0.3, -0.25) is 4.99 Å². The standard InChI is InChI=1S/C31H29F2N3.C4H9/c1-5-22-13-16-25(21(3)17-22)24-15-14-23(20(2)18-24)9-6-7-12-28-29(19-34-4)36-31(35-28)26-10-8-11-27(32)30(26)33;1-3-4-2/h1,8,10-17,19-20H,6-7,9,18H2,2-4H3;1,3-4H2,2H3/b28-12+,34-19?;. The van der Waals surface area contributed by atoms with Gasteiger partial charge in [0.2, 0.25) is 0 Å². The maximum atomic E-state index is 14.2. The lowest BCUT2D eigenvalue weighted by Gasteiger charge is -2.23. The number of hydrogen-bond acceptors (Lipinski definition) is 3. The number of hydrogen-bond donors (Lipinski definition) is 0. The molecule has 1 unspecified atom stereocenters. The third kappa shape index (κ3) is 7.82. The number of amidine groups is 1. The van der Waals surface area contributed by atoms with Gasteiger partial charge >= 0.3 is 0 Å². The molecule has 1 heterocycles. The first-order valence-electron chi connectivity index (χ1n) is 13.8. The van der Waals surface area contributed by atoms with Crippen molar-refractivity contribution < 1.29 is 8.78 Å². The second kappa shape index (κ2) is 15.0. The van der Waals surface area contributed by atoms with Gasteiger partial charge < -0.3 is 0 Å². The average Bonchev–Trinajstić information content (AvgIpc) is 3.35. The van der Waals surface area contributed by atoms with E-state index in [9.17, 15) is 8.78 Å². The monoisotopic (exact) mass is 538 g/mol. The van der Waals surface area contributed by atoms with Crippen LogP contribution in [-0.4, -0.2) is 24.8 Å². The first-order valence-corrected chi connectivity index (χ1v) is 13.8. The van der Waals surface area contributed by atoms with Crippen molar-refractivity contribution in [2.75, 3.05) is 7.05 Å². The fraction of sp³-hybridized carbons (Fsp3) is 0.314. The number of allylic oxidation sites excluding steroid dienone is 6. The molecule has 0 bridgehead atoms. The molecular weight excluding hydrogens is 500 g/mol. The SMILES string of the molecule is C#Cc1ccc(C2=CC=C(CCC/C=C3/N=C(c4cccc(F)c4F)N=C3C=NC)C(C)C2)c(C)c1.[CH2]CCC. The Labute approximate surface area is 238 Å². The lowest BCUT2D eigenvalue weighted by Crippen LogP contribution is -2.06. The third-order valence-corrected chi connectivity index (χ3v) is 6.92. The van der Waals surface area contributed by atoms with Crippen LogP contribution in [-0.2, 0) is 0 Å². The van der Waals surface area contributed by atoms with E-state index >= 15 is 0 Å². The number of halogens is 2. The highest BCUT2D eigenvalue weighted by molar-refractivity contribution is 6.42. The average molecular weight is 539 g/mol. The summed E-state index contributed by atoms with van der Waals surface area (Å²) in [6, 6.07) is 10.2. The minimum absolute atomic E-state index is 0.0494. The number of nitrogens with zero attached hydrogens (tertiary/aromatic N) is 3. The van der Waals surface area contributed by atoms with Crippen molar-refractivity contribution in [3.05, 3.63) is 107 Å². The van der Waals surface area contributed by atoms with Gasteiger partial charge in [-0.25, -0.2) is 18.8 Å². The Kier molecular flexibility index (Phi) is 11.5. The van der Waals surface area contributed by atoms with E-state index in [1.165, 1.54) is 40.8 Å². The Bertz CT molecular complexity index is 1430. The molecule has 207 valence electrons. The molecular formula is C35H38F2N3. The minimum atomic E-state index is -0.943. The van der Waals surface area contributed by atoms with Crippen LogP contribution in [0.1, 0.15) is 74.6 Å². The quantitative estimate of drug-likeness (QED) is 0.183. The molecule has 0 N–H and O–H groups in total. The summed E-state index contributed by atoms with van der Waals surface area (Å²) in [5.74, 6) is 1.46. The summed E-state index contributed by atoms with van der Waals surface area (Å²) in [5.41, 5.74) is 7.38. The zero-order valence-electron chi connectivity index (χ0n) is 24.0. The van der Waals surface area contributed by atoms with Crippen LogP contribution in [0.4, 0.5) is 8.78 Å². The molecule has 1 aliphatic carbocycles. The van der Waals surface area contributed by atoms with E-state index in [0.717, 1.165) is 43.7 Å². The maximum Gasteiger partial charge on any atom is 0.169 e. The second-order valence-corrected chi connectivity index (χ2v) is 9.97. The van der Waals surface area contributed by atoms with Gasteiger partial charge in [-0.1, -0.05) is 75.5 Å². The smallest absolute Gasteiger partial charge is 0.169 e. The Morgan fingerprint density at radius 3 is 2.58 bits per heavy atom. The molecule has 0 fully saturated rings. The number of aliphatic imine (C=N–C) groups is 3. The Morgan fingerprint density at radius 1 is 1.15 bits per heavy atom. The summed E-state index contributed by atoms with van der Waals surface area (Å²) in [6.45, 7) is 10.1. The van der Waals surface area contributed by atoms with Crippen LogP contribution in [0.25, 0.3) is 5.57 Å². The Hall–Kier alpha value is -3.91. The topological polar surface area (TPSA) is 37.1 Å². The number of aryl methyl sites for hydroxylation is 1. The van der Waals surface area contributed by atoms with Gasteiger partial charge in [0.25, 0.3) is 0 Å². The van der Waals surface area contributed by atoms with Crippen molar-refractivity contribution in [3.8, 4) is 12.3 Å². The maximum absolute atomic E-state index is 14.2. The summed E-state index contributed by atoms with van der Waals surface area (Å²) in [5, 5.41) is 0. The van der Waals surface area contributed by atoms with Crippen LogP contribution in [0.3, 0.4) is 0 Å². The summed E-state index contributed by atoms with van der Waals surface area (Å²) >= 11 is 0. The van der Waals surface area contributed by atoms with Gasteiger partial charge in [0.1, 0.15) is 5.71 Å². The van der Waals surface area contributed by atoms with Crippen LogP contribution in [0.2, 0.25) is 0 Å². The molecule has 0 amide bonds. The van der Waals surface area contributed by atoms with Crippen LogP contribution in [0, 0.1) is 43.7 Å². The van der Waals surface area contributed by atoms with Crippen molar-refractivity contribution in [2.24, 2.45) is 20.9 Å². The number of unbranched alkanes of at least 4 members (excludes halogenated alkanes) is 2. The van der Waals surface area contributed by atoms with Crippen LogP contribution in [0.15, 0.2) is 80.9 Å². The first kappa shape index (κ1) is 30.6. The van der Waals surface area contributed by atoms with Crippen LogP contribution < -0.4 is 0 Å². The number of benzene rings is 2. The highest BCUT2D eigenvalue weighted by Crippen LogP contribution is 2.35. The van der Waals surface area contributed by atoms with Crippen molar-refractivity contribution >= 4 is 23.3 Å². The highest BCUT2D eigenvalue weighted by atomic mass is 19.2. The molecule has 1 atom stereocenters. The van der Waals surface area contributed by atoms with E-state index < -0.39 is 11.6 Å². The van der Waals surface area contributed by atoms with E-state index in [4.69, 9.17) is 6.42 Å². The predicted molar refractivity (Wildman–Crippen MR) is 166 cm³/mol. The summed E-state index contributed by atoms with van der Waals surface area (Å²) in [4.78, 5) is 12.9. The normalized spacial score (nSPS) is 17.6. The third-order valence-electron chi connectivity index (χ3n) is 6.92. The van der Waals surface area contributed by atoms with E-state index in [1.807, 2.05) is 12.1 Å². The van der Waals surface area contributed by atoms with E-state index in [1.54, 1.807) is 13.3 Å². The fourth-order valence-corrected chi connectivity index (χ4v) is 4.62. The predicted octanol–water partition coefficient (Wildman–Crippen LogP) is 8.88. The molecule has 2 aromatic carbocycles. The largest absolute Gasteiger partial charge is 0.294 e. The molecule has 2 aliphatic rings. The molecule has 0 aromatic heterocycles. The van der Waals surface area contributed by atoms with Gasteiger partial charge in [0, 0.05) is 18.8 Å². The second-order valence-electron chi connectivity index (χ2n) is 9.97. The Morgan fingerprint density at radius 2 is 1.93 bits per heavy atom. The van der Waals surface area contributed by atoms with Gasteiger partial charge in [-0.15, -0.1) is 6.42 Å². The molecule has 0 saturated carbocycles. The van der Waals surface area contributed by atoms with Gasteiger partial charge in [-0.2, -0.15) is 0 Å². The van der Waals surface area contributed by atoms with E-state index in [-0.39, 0.29) is 11.4 Å². The summed E-state index contributed by atoms with van der Waals surface area (Å²) < 4.78 is 27.9. The Balaban J connectivity index is 0.00000103. The lowest BCUT2D eigenvalue weighted by atomic mass is 9.82. The molecule has 0 spiro atoms. The summed E-state index contributed by atoms with van der Waals surface area (Å²) in [6.07, 6.45) is 19.6. The van der Waals surface area contributed by atoms with Gasteiger partial charge in [-0.05, 0) is 79.5 Å². The van der Waals surface area contributed by atoms with E-state index in [2.05, 4.69) is 72.9 Å². The molecule has 5 heteroatoms. The van der Waals surface area contributed by atoms with Gasteiger partial charge in [0.05, 0.1) is 11.3 Å². The molecule has 4 rings (SSSR count). The summed E-state index contributed by atoms with van der Waals surface area (Å²) in [7, 11) is 1.64.